The number of hydrogen-bond donors (Lipinski definition) is 1. The first kappa shape index (κ1) is 11.6. The Hall–Kier alpha value is -1.51. The van der Waals surface area contributed by atoms with Gasteiger partial charge in [0.05, 0.1) is 6.61 Å². The molecular formula is C12H17NO2. The molecule has 0 spiro atoms. The van der Waals surface area contributed by atoms with Gasteiger partial charge in [0.1, 0.15) is 5.75 Å². The van der Waals surface area contributed by atoms with E-state index in [1.807, 2.05) is 26.0 Å². The first-order chi connectivity index (χ1) is 7.19. The van der Waals surface area contributed by atoms with E-state index in [0.717, 1.165) is 18.0 Å². The number of carbonyl (C=O) groups excluding carboxylic acids is 1. The van der Waals surface area contributed by atoms with Gasteiger partial charge in [0.25, 0.3) is 0 Å². The average molecular weight is 207 g/mol. The molecule has 0 bridgehead atoms. The standard InChI is InChI=1S/C12H17NO2/c1-4-13-12-8-10(15-5-2)6-7-11(12)9(3)14/h6-8,13H,4-5H2,1-3H3. The van der Waals surface area contributed by atoms with Gasteiger partial charge >= 0.3 is 0 Å². The van der Waals surface area contributed by atoms with Crippen molar-refractivity contribution in [2.45, 2.75) is 20.8 Å². The van der Waals surface area contributed by atoms with Crippen LogP contribution in [0.15, 0.2) is 18.2 Å². The summed E-state index contributed by atoms with van der Waals surface area (Å²) in [5.41, 5.74) is 1.55. The van der Waals surface area contributed by atoms with Gasteiger partial charge in [-0.05, 0) is 32.9 Å². The lowest BCUT2D eigenvalue weighted by molar-refractivity contribution is 0.101. The number of carbonyl (C=O) groups is 1. The quantitative estimate of drug-likeness (QED) is 0.754. The van der Waals surface area contributed by atoms with Crippen molar-refractivity contribution in [3.05, 3.63) is 23.8 Å². The van der Waals surface area contributed by atoms with Gasteiger partial charge in [-0.25, -0.2) is 0 Å². The first-order valence-electron chi connectivity index (χ1n) is 5.20. The molecule has 1 rings (SSSR count). The maximum atomic E-state index is 11.3. The number of ketones is 1. The summed E-state index contributed by atoms with van der Waals surface area (Å²) in [5.74, 6) is 0.854. The second kappa shape index (κ2) is 5.39. The van der Waals surface area contributed by atoms with Crippen LogP contribution in [-0.4, -0.2) is 18.9 Å². The Balaban J connectivity index is 3.03. The van der Waals surface area contributed by atoms with E-state index in [1.54, 1.807) is 13.0 Å². The highest BCUT2D eigenvalue weighted by Crippen LogP contribution is 2.23. The molecule has 1 aromatic rings. The SMILES string of the molecule is CCNc1cc(OCC)ccc1C(C)=O. The van der Waals surface area contributed by atoms with Crippen molar-refractivity contribution in [1.82, 2.24) is 0 Å². The summed E-state index contributed by atoms with van der Waals surface area (Å²) in [7, 11) is 0. The third-order valence-electron chi connectivity index (χ3n) is 2.05. The van der Waals surface area contributed by atoms with E-state index in [2.05, 4.69) is 5.32 Å². The molecule has 1 aromatic carbocycles. The summed E-state index contributed by atoms with van der Waals surface area (Å²) in [6, 6.07) is 5.48. The fourth-order valence-electron chi connectivity index (χ4n) is 1.42. The molecule has 0 saturated carbocycles. The smallest absolute Gasteiger partial charge is 0.161 e. The second-order valence-electron chi connectivity index (χ2n) is 3.23. The fraction of sp³-hybridized carbons (Fsp3) is 0.417. The molecule has 0 amide bonds. The zero-order chi connectivity index (χ0) is 11.3. The van der Waals surface area contributed by atoms with E-state index in [9.17, 15) is 4.79 Å². The van der Waals surface area contributed by atoms with Crippen molar-refractivity contribution in [1.29, 1.82) is 0 Å². The summed E-state index contributed by atoms with van der Waals surface area (Å²) < 4.78 is 5.38. The van der Waals surface area contributed by atoms with Gasteiger partial charge in [0.15, 0.2) is 5.78 Å². The number of rotatable bonds is 5. The summed E-state index contributed by atoms with van der Waals surface area (Å²) in [6.45, 7) is 6.92. The molecule has 3 heteroatoms. The first-order valence-corrected chi connectivity index (χ1v) is 5.20. The van der Waals surface area contributed by atoms with Crippen molar-refractivity contribution in [3.8, 4) is 5.75 Å². The van der Waals surface area contributed by atoms with Crippen LogP contribution < -0.4 is 10.1 Å². The van der Waals surface area contributed by atoms with Gasteiger partial charge in [-0.1, -0.05) is 0 Å². The Kier molecular flexibility index (Phi) is 4.16. The highest BCUT2D eigenvalue weighted by atomic mass is 16.5. The molecular weight excluding hydrogens is 190 g/mol. The maximum Gasteiger partial charge on any atom is 0.161 e. The molecule has 0 unspecified atom stereocenters. The van der Waals surface area contributed by atoms with Crippen LogP contribution in [0.25, 0.3) is 0 Å². The Labute approximate surface area is 90.4 Å². The molecule has 0 aliphatic carbocycles. The van der Waals surface area contributed by atoms with Crippen LogP contribution in [0.3, 0.4) is 0 Å². The van der Waals surface area contributed by atoms with Gasteiger partial charge in [0, 0.05) is 23.9 Å². The van der Waals surface area contributed by atoms with E-state index in [-0.39, 0.29) is 5.78 Å². The Morgan fingerprint density at radius 2 is 2.13 bits per heavy atom. The molecule has 3 nitrogen and oxygen atoms in total. The molecule has 0 fully saturated rings. The van der Waals surface area contributed by atoms with Crippen LogP contribution in [0.1, 0.15) is 31.1 Å². The monoisotopic (exact) mass is 207 g/mol. The van der Waals surface area contributed by atoms with E-state index in [1.165, 1.54) is 0 Å². The van der Waals surface area contributed by atoms with Crippen molar-refractivity contribution >= 4 is 11.5 Å². The zero-order valence-electron chi connectivity index (χ0n) is 9.46. The number of ether oxygens (including phenoxy) is 1. The number of Topliss-reactive ketones (excluding diaryl/α,β-unsaturated/α-hetero) is 1. The van der Waals surface area contributed by atoms with E-state index in [4.69, 9.17) is 4.74 Å². The highest BCUT2D eigenvalue weighted by Gasteiger charge is 2.07. The van der Waals surface area contributed by atoms with Crippen molar-refractivity contribution < 1.29 is 9.53 Å². The number of nitrogens with one attached hydrogen (secondary N) is 1. The average Bonchev–Trinajstić information content (AvgIpc) is 2.18. The minimum Gasteiger partial charge on any atom is -0.494 e. The van der Waals surface area contributed by atoms with Crippen LogP contribution in [0.4, 0.5) is 5.69 Å². The van der Waals surface area contributed by atoms with Crippen LogP contribution in [0.2, 0.25) is 0 Å². The molecule has 15 heavy (non-hydrogen) atoms. The topological polar surface area (TPSA) is 38.3 Å². The summed E-state index contributed by atoms with van der Waals surface area (Å²) >= 11 is 0. The zero-order valence-corrected chi connectivity index (χ0v) is 9.46. The predicted molar refractivity (Wildman–Crippen MR) is 61.8 cm³/mol. The number of benzene rings is 1. The summed E-state index contributed by atoms with van der Waals surface area (Å²) in [4.78, 5) is 11.3. The molecule has 0 aliphatic heterocycles. The third-order valence-corrected chi connectivity index (χ3v) is 2.05. The Morgan fingerprint density at radius 1 is 1.40 bits per heavy atom. The van der Waals surface area contributed by atoms with Gasteiger partial charge in [-0.2, -0.15) is 0 Å². The normalized spacial score (nSPS) is 9.80. The predicted octanol–water partition coefficient (Wildman–Crippen LogP) is 2.72. The lowest BCUT2D eigenvalue weighted by atomic mass is 10.1. The van der Waals surface area contributed by atoms with Gasteiger partial charge < -0.3 is 10.1 Å². The van der Waals surface area contributed by atoms with Crippen molar-refractivity contribution in [2.75, 3.05) is 18.5 Å². The lowest BCUT2D eigenvalue weighted by Crippen LogP contribution is -2.04. The molecule has 0 aliphatic rings. The Bertz CT molecular complexity index is 347. The lowest BCUT2D eigenvalue weighted by Gasteiger charge is -2.11. The van der Waals surface area contributed by atoms with Crippen LogP contribution in [0.5, 0.6) is 5.75 Å². The van der Waals surface area contributed by atoms with Crippen molar-refractivity contribution in [3.63, 3.8) is 0 Å². The van der Waals surface area contributed by atoms with Gasteiger partial charge in [-0.15, -0.1) is 0 Å². The minimum atomic E-state index is 0.0639. The van der Waals surface area contributed by atoms with Gasteiger partial charge in [0.2, 0.25) is 0 Å². The summed E-state index contributed by atoms with van der Waals surface area (Å²) in [5, 5.41) is 3.16. The van der Waals surface area contributed by atoms with E-state index < -0.39 is 0 Å². The van der Waals surface area contributed by atoms with Crippen LogP contribution >= 0.6 is 0 Å². The second-order valence-corrected chi connectivity index (χ2v) is 3.23. The summed E-state index contributed by atoms with van der Waals surface area (Å²) in [6.07, 6.45) is 0. The molecule has 0 aromatic heterocycles. The van der Waals surface area contributed by atoms with Crippen LogP contribution in [-0.2, 0) is 0 Å². The van der Waals surface area contributed by atoms with Gasteiger partial charge in [-0.3, -0.25) is 4.79 Å². The molecule has 0 atom stereocenters. The molecule has 0 saturated heterocycles. The van der Waals surface area contributed by atoms with Crippen LogP contribution in [0, 0.1) is 0 Å². The highest BCUT2D eigenvalue weighted by molar-refractivity contribution is 5.99. The molecule has 0 heterocycles. The molecule has 1 N–H and O–H groups in total. The van der Waals surface area contributed by atoms with E-state index in [0.29, 0.717) is 12.2 Å². The third kappa shape index (κ3) is 2.98. The largest absolute Gasteiger partial charge is 0.494 e. The molecule has 0 radical (unpaired) electrons. The number of anilines is 1. The van der Waals surface area contributed by atoms with E-state index >= 15 is 0 Å². The minimum absolute atomic E-state index is 0.0639. The van der Waals surface area contributed by atoms with Crippen molar-refractivity contribution in [2.24, 2.45) is 0 Å². The molecule has 82 valence electrons. The fourth-order valence-corrected chi connectivity index (χ4v) is 1.42. The Morgan fingerprint density at radius 3 is 2.67 bits per heavy atom. The maximum absolute atomic E-state index is 11.3. The number of hydrogen-bond acceptors (Lipinski definition) is 3.